The minimum atomic E-state index is -0.227. The molecule has 0 saturated carbocycles. The maximum Gasteiger partial charge on any atom is 0.255 e. The molecule has 0 unspecified atom stereocenters. The summed E-state index contributed by atoms with van der Waals surface area (Å²) >= 11 is 0. The van der Waals surface area contributed by atoms with Crippen LogP contribution < -0.4 is 5.32 Å². The maximum atomic E-state index is 12.3. The fraction of sp³-hybridized carbons (Fsp3) is 0.150. The third kappa shape index (κ3) is 2.90. The monoisotopic (exact) mass is 328 g/mol. The van der Waals surface area contributed by atoms with E-state index in [0.717, 1.165) is 42.2 Å². The van der Waals surface area contributed by atoms with Crippen molar-refractivity contribution in [2.75, 3.05) is 5.32 Å². The highest BCUT2D eigenvalue weighted by Crippen LogP contribution is 2.26. The van der Waals surface area contributed by atoms with E-state index >= 15 is 0 Å². The Morgan fingerprint density at radius 1 is 1.20 bits per heavy atom. The number of nitriles is 1. The first-order valence-electron chi connectivity index (χ1n) is 8.21. The van der Waals surface area contributed by atoms with Gasteiger partial charge in [0.05, 0.1) is 23.5 Å². The first-order chi connectivity index (χ1) is 12.2. The van der Waals surface area contributed by atoms with E-state index in [1.54, 1.807) is 24.3 Å². The fourth-order valence-electron chi connectivity index (χ4n) is 3.15. The first-order valence-corrected chi connectivity index (χ1v) is 8.21. The van der Waals surface area contributed by atoms with Crippen molar-refractivity contribution in [3.63, 3.8) is 0 Å². The highest BCUT2D eigenvalue weighted by atomic mass is 16.1. The van der Waals surface area contributed by atoms with Crippen molar-refractivity contribution in [3.8, 4) is 17.3 Å². The van der Waals surface area contributed by atoms with Crippen LogP contribution in [0.15, 0.2) is 54.7 Å². The highest BCUT2D eigenvalue weighted by Gasteiger charge is 2.16. The molecule has 0 spiro atoms. The lowest BCUT2D eigenvalue weighted by Gasteiger charge is -2.08. The Balaban J connectivity index is 1.52. The van der Waals surface area contributed by atoms with Gasteiger partial charge in [-0.1, -0.05) is 18.2 Å². The molecule has 0 bridgehead atoms. The Bertz CT molecular complexity index is 980. The minimum absolute atomic E-state index is 0.227. The van der Waals surface area contributed by atoms with E-state index in [1.165, 1.54) is 0 Å². The quantitative estimate of drug-likeness (QED) is 0.798. The standard InChI is InChI=1S/C20H16N4O/c21-12-14-3-1-4-16(11-14)20(25)23-17-8-6-15(7-9-17)18-13-22-19-5-2-10-24(18)19/h1,3-4,6-9,11,13H,2,5,10H2,(H,23,25). The molecule has 1 aliphatic heterocycles. The molecule has 0 radical (unpaired) electrons. The number of rotatable bonds is 3. The molecule has 5 nitrogen and oxygen atoms in total. The Labute approximate surface area is 145 Å². The molecule has 3 aromatic rings. The second-order valence-electron chi connectivity index (χ2n) is 6.04. The summed E-state index contributed by atoms with van der Waals surface area (Å²) in [5.74, 6) is 0.917. The van der Waals surface area contributed by atoms with Gasteiger partial charge in [0, 0.05) is 24.2 Å². The summed E-state index contributed by atoms with van der Waals surface area (Å²) in [5.41, 5.74) is 3.86. The van der Waals surface area contributed by atoms with E-state index in [-0.39, 0.29) is 5.91 Å². The van der Waals surface area contributed by atoms with Crippen molar-refractivity contribution in [1.29, 1.82) is 5.26 Å². The summed E-state index contributed by atoms with van der Waals surface area (Å²) in [6.45, 7) is 1.01. The molecular formula is C20H16N4O. The molecule has 1 aliphatic rings. The molecule has 4 rings (SSSR count). The molecule has 0 fully saturated rings. The molecule has 25 heavy (non-hydrogen) atoms. The molecule has 0 aliphatic carbocycles. The van der Waals surface area contributed by atoms with Gasteiger partial charge in [-0.25, -0.2) is 4.98 Å². The van der Waals surface area contributed by atoms with Crippen LogP contribution in [-0.4, -0.2) is 15.5 Å². The number of amides is 1. The second kappa shape index (κ2) is 6.25. The number of carbonyl (C=O) groups is 1. The van der Waals surface area contributed by atoms with Gasteiger partial charge in [-0.05, 0) is 42.3 Å². The minimum Gasteiger partial charge on any atom is -0.328 e. The Morgan fingerprint density at radius 3 is 2.84 bits per heavy atom. The summed E-state index contributed by atoms with van der Waals surface area (Å²) < 4.78 is 2.25. The van der Waals surface area contributed by atoms with E-state index in [4.69, 9.17) is 5.26 Å². The summed E-state index contributed by atoms with van der Waals surface area (Å²) in [6, 6.07) is 16.5. The lowest BCUT2D eigenvalue weighted by molar-refractivity contribution is 0.102. The molecular weight excluding hydrogens is 312 g/mol. The SMILES string of the molecule is N#Cc1cccc(C(=O)Nc2ccc(-c3cnc4n3CCC4)cc2)c1. The van der Waals surface area contributed by atoms with E-state index in [2.05, 4.69) is 14.9 Å². The molecule has 2 aromatic carbocycles. The number of fused-ring (bicyclic) bond motifs is 1. The van der Waals surface area contributed by atoms with Gasteiger partial charge in [0.15, 0.2) is 0 Å². The van der Waals surface area contributed by atoms with Gasteiger partial charge >= 0.3 is 0 Å². The van der Waals surface area contributed by atoms with E-state index in [1.807, 2.05) is 36.5 Å². The van der Waals surface area contributed by atoms with Gasteiger partial charge in [0.25, 0.3) is 5.91 Å². The normalized spacial score (nSPS) is 12.4. The Hall–Kier alpha value is -3.39. The van der Waals surface area contributed by atoms with Crippen LogP contribution in [-0.2, 0) is 13.0 Å². The smallest absolute Gasteiger partial charge is 0.255 e. The van der Waals surface area contributed by atoms with Crippen LogP contribution in [0.1, 0.15) is 28.2 Å². The average molecular weight is 328 g/mol. The van der Waals surface area contributed by atoms with Crippen molar-refractivity contribution in [1.82, 2.24) is 9.55 Å². The topological polar surface area (TPSA) is 70.7 Å². The number of hydrogen-bond donors (Lipinski definition) is 1. The molecule has 5 heteroatoms. The van der Waals surface area contributed by atoms with Crippen LogP contribution in [0.2, 0.25) is 0 Å². The van der Waals surface area contributed by atoms with Crippen LogP contribution in [0.4, 0.5) is 5.69 Å². The number of hydrogen-bond acceptors (Lipinski definition) is 3. The average Bonchev–Trinajstić information content (AvgIpc) is 3.26. The largest absolute Gasteiger partial charge is 0.328 e. The van der Waals surface area contributed by atoms with Crippen molar-refractivity contribution < 1.29 is 4.79 Å². The zero-order valence-electron chi connectivity index (χ0n) is 13.6. The number of nitrogens with zero attached hydrogens (tertiary/aromatic N) is 3. The Morgan fingerprint density at radius 2 is 2.04 bits per heavy atom. The lowest BCUT2D eigenvalue weighted by atomic mass is 10.1. The number of benzene rings is 2. The molecule has 0 atom stereocenters. The first kappa shape index (κ1) is 15.2. The van der Waals surface area contributed by atoms with E-state index < -0.39 is 0 Å². The van der Waals surface area contributed by atoms with Gasteiger partial charge in [0.2, 0.25) is 0 Å². The third-order valence-electron chi connectivity index (χ3n) is 4.41. The summed E-state index contributed by atoms with van der Waals surface area (Å²) in [4.78, 5) is 16.8. The van der Waals surface area contributed by atoms with Crippen LogP contribution in [0, 0.1) is 11.3 Å². The predicted octanol–water partition coefficient (Wildman–Crippen LogP) is 3.62. The van der Waals surface area contributed by atoms with E-state index in [0.29, 0.717) is 11.1 Å². The second-order valence-corrected chi connectivity index (χ2v) is 6.04. The van der Waals surface area contributed by atoms with Gasteiger partial charge in [0.1, 0.15) is 5.82 Å². The van der Waals surface area contributed by atoms with Crippen LogP contribution in [0.3, 0.4) is 0 Å². The number of aromatic nitrogens is 2. The lowest BCUT2D eigenvalue weighted by Crippen LogP contribution is -2.11. The fourth-order valence-corrected chi connectivity index (χ4v) is 3.15. The van der Waals surface area contributed by atoms with Crippen LogP contribution in [0.25, 0.3) is 11.3 Å². The molecule has 1 N–H and O–H groups in total. The maximum absolute atomic E-state index is 12.3. The van der Waals surface area contributed by atoms with E-state index in [9.17, 15) is 4.79 Å². The Kier molecular flexibility index (Phi) is 3.79. The van der Waals surface area contributed by atoms with Gasteiger partial charge in [-0.3, -0.25) is 4.79 Å². The zero-order chi connectivity index (χ0) is 17.2. The number of imidazole rings is 1. The van der Waals surface area contributed by atoms with Gasteiger partial charge in [-0.2, -0.15) is 5.26 Å². The summed E-state index contributed by atoms with van der Waals surface area (Å²) in [7, 11) is 0. The van der Waals surface area contributed by atoms with Crippen molar-refractivity contribution in [3.05, 3.63) is 71.7 Å². The zero-order valence-corrected chi connectivity index (χ0v) is 13.6. The van der Waals surface area contributed by atoms with Crippen molar-refractivity contribution >= 4 is 11.6 Å². The summed E-state index contributed by atoms with van der Waals surface area (Å²) in [5, 5.41) is 11.8. The predicted molar refractivity (Wildman–Crippen MR) is 95.1 cm³/mol. The van der Waals surface area contributed by atoms with Crippen molar-refractivity contribution in [2.24, 2.45) is 0 Å². The number of anilines is 1. The molecule has 1 aromatic heterocycles. The molecule has 122 valence electrons. The number of aryl methyl sites for hydroxylation is 1. The van der Waals surface area contributed by atoms with Crippen LogP contribution >= 0.6 is 0 Å². The molecule has 2 heterocycles. The summed E-state index contributed by atoms with van der Waals surface area (Å²) in [6.07, 6.45) is 4.09. The molecule has 1 amide bonds. The number of nitrogens with one attached hydrogen (secondary N) is 1. The highest BCUT2D eigenvalue weighted by molar-refractivity contribution is 6.04. The van der Waals surface area contributed by atoms with Crippen molar-refractivity contribution in [2.45, 2.75) is 19.4 Å². The number of carbonyl (C=O) groups excluding carboxylic acids is 1. The van der Waals surface area contributed by atoms with Gasteiger partial charge in [-0.15, -0.1) is 0 Å². The molecule has 0 saturated heterocycles. The van der Waals surface area contributed by atoms with Crippen LogP contribution in [0.5, 0.6) is 0 Å². The van der Waals surface area contributed by atoms with Gasteiger partial charge < -0.3 is 9.88 Å². The third-order valence-corrected chi connectivity index (χ3v) is 4.41.